The van der Waals surface area contributed by atoms with Gasteiger partial charge in [-0.15, -0.1) is 0 Å². The van der Waals surface area contributed by atoms with Gasteiger partial charge in [0.05, 0.1) is 19.8 Å². The summed E-state index contributed by atoms with van der Waals surface area (Å²) in [5, 5.41) is 11.1. The first kappa shape index (κ1) is 16.6. The van der Waals surface area contributed by atoms with Gasteiger partial charge in [0.1, 0.15) is 17.7 Å². The number of aliphatic hydroxyl groups excluding tert-OH is 1. The SMILES string of the molecule is OCC(Nc1cc(I)cc(N2CCOCC2)n1)C(F)(F)F. The van der Waals surface area contributed by atoms with E-state index in [0.717, 1.165) is 3.57 Å². The van der Waals surface area contributed by atoms with Gasteiger partial charge >= 0.3 is 6.18 Å². The van der Waals surface area contributed by atoms with Crippen LogP contribution < -0.4 is 10.2 Å². The predicted molar refractivity (Wildman–Crippen MR) is 80.5 cm³/mol. The number of alkyl halides is 3. The van der Waals surface area contributed by atoms with Crippen LogP contribution in [0.4, 0.5) is 24.8 Å². The number of pyridine rings is 1. The number of ether oxygens (including phenoxy) is 1. The van der Waals surface area contributed by atoms with Crippen LogP contribution in [0.15, 0.2) is 12.1 Å². The second-order valence-corrected chi connectivity index (χ2v) is 5.79. The Hall–Kier alpha value is -0.810. The molecule has 9 heteroatoms. The minimum Gasteiger partial charge on any atom is -0.394 e. The van der Waals surface area contributed by atoms with Crippen molar-refractivity contribution in [2.75, 3.05) is 43.1 Å². The highest BCUT2D eigenvalue weighted by atomic mass is 127. The average molecular weight is 417 g/mol. The molecule has 0 amide bonds. The monoisotopic (exact) mass is 417 g/mol. The van der Waals surface area contributed by atoms with Crippen molar-refractivity contribution in [3.05, 3.63) is 15.7 Å². The topological polar surface area (TPSA) is 57.6 Å². The summed E-state index contributed by atoms with van der Waals surface area (Å²) in [5.41, 5.74) is 0. The lowest BCUT2D eigenvalue weighted by atomic mass is 10.3. The third kappa shape index (κ3) is 4.58. The number of anilines is 2. The first-order valence-corrected chi connectivity index (χ1v) is 7.42. The molecule has 1 aromatic rings. The van der Waals surface area contributed by atoms with Crippen LogP contribution in [0.3, 0.4) is 0 Å². The van der Waals surface area contributed by atoms with Crippen LogP contribution >= 0.6 is 22.6 Å². The molecule has 21 heavy (non-hydrogen) atoms. The fraction of sp³-hybridized carbons (Fsp3) is 0.583. The molecule has 0 aliphatic carbocycles. The van der Waals surface area contributed by atoms with E-state index < -0.39 is 18.8 Å². The van der Waals surface area contributed by atoms with Crippen molar-refractivity contribution in [1.82, 2.24) is 4.98 Å². The Labute approximate surface area is 133 Å². The molecule has 1 saturated heterocycles. The molecule has 118 valence electrons. The van der Waals surface area contributed by atoms with Gasteiger partial charge in [-0.1, -0.05) is 0 Å². The predicted octanol–water partition coefficient (Wildman–Crippen LogP) is 1.86. The smallest absolute Gasteiger partial charge is 0.394 e. The third-order valence-electron chi connectivity index (χ3n) is 3.01. The molecule has 0 radical (unpaired) electrons. The van der Waals surface area contributed by atoms with Gasteiger partial charge in [-0.3, -0.25) is 0 Å². The second kappa shape index (κ2) is 6.97. The Kier molecular flexibility index (Phi) is 5.49. The first-order valence-electron chi connectivity index (χ1n) is 6.34. The molecule has 5 nitrogen and oxygen atoms in total. The van der Waals surface area contributed by atoms with Crippen molar-refractivity contribution < 1.29 is 23.0 Å². The highest BCUT2D eigenvalue weighted by Crippen LogP contribution is 2.25. The standard InChI is InChI=1S/C12H15F3IN3O2/c13-12(14,15)9(7-20)17-10-5-8(16)6-11(18-10)19-1-3-21-4-2-19/h5-6,9,20H,1-4,7H2,(H,17,18). The second-order valence-electron chi connectivity index (χ2n) is 4.55. The Morgan fingerprint density at radius 2 is 2.05 bits per heavy atom. The Bertz CT molecular complexity index is 481. The van der Waals surface area contributed by atoms with Crippen LogP contribution in [-0.2, 0) is 4.74 Å². The van der Waals surface area contributed by atoms with Gasteiger partial charge in [-0.25, -0.2) is 4.98 Å². The molecule has 1 aliphatic heterocycles. The fourth-order valence-corrected chi connectivity index (χ4v) is 2.49. The van der Waals surface area contributed by atoms with Crippen molar-refractivity contribution >= 4 is 34.2 Å². The van der Waals surface area contributed by atoms with Gasteiger partial charge in [0.15, 0.2) is 0 Å². The van der Waals surface area contributed by atoms with Crippen molar-refractivity contribution in [3.63, 3.8) is 0 Å². The van der Waals surface area contributed by atoms with E-state index in [9.17, 15) is 13.2 Å². The molecule has 1 fully saturated rings. The number of rotatable bonds is 4. The summed E-state index contributed by atoms with van der Waals surface area (Å²) < 4.78 is 44.1. The van der Waals surface area contributed by atoms with E-state index in [1.165, 1.54) is 6.07 Å². The summed E-state index contributed by atoms with van der Waals surface area (Å²) in [6, 6.07) is 1.29. The number of nitrogens with zero attached hydrogens (tertiary/aromatic N) is 2. The van der Waals surface area contributed by atoms with E-state index in [2.05, 4.69) is 10.3 Å². The first-order chi connectivity index (χ1) is 9.90. The number of hydrogen-bond acceptors (Lipinski definition) is 5. The lowest BCUT2D eigenvalue weighted by Gasteiger charge is -2.28. The zero-order valence-corrected chi connectivity index (χ0v) is 13.2. The number of halogens is 4. The molecule has 0 aromatic carbocycles. The minimum absolute atomic E-state index is 0.0970. The van der Waals surface area contributed by atoms with Crippen LogP contribution in [-0.4, -0.2) is 55.2 Å². The van der Waals surface area contributed by atoms with Gasteiger partial charge < -0.3 is 20.1 Å². The molecule has 0 bridgehead atoms. The van der Waals surface area contributed by atoms with Gasteiger partial charge in [0.2, 0.25) is 0 Å². The summed E-state index contributed by atoms with van der Waals surface area (Å²) in [5.74, 6) is 0.700. The van der Waals surface area contributed by atoms with Crippen LogP contribution in [0.2, 0.25) is 0 Å². The van der Waals surface area contributed by atoms with Gasteiger partial charge in [-0.2, -0.15) is 13.2 Å². The van der Waals surface area contributed by atoms with E-state index in [0.29, 0.717) is 32.1 Å². The Morgan fingerprint density at radius 3 is 2.62 bits per heavy atom. The molecule has 1 atom stereocenters. The zero-order valence-electron chi connectivity index (χ0n) is 11.0. The van der Waals surface area contributed by atoms with E-state index >= 15 is 0 Å². The van der Waals surface area contributed by atoms with Crippen molar-refractivity contribution in [3.8, 4) is 0 Å². The maximum Gasteiger partial charge on any atom is 0.410 e. The summed E-state index contributed by atoms with van der Waals surface area (Å²) >= 11 is 2.03. The van der Waals surface area contributed by atoms with Crippen LogP contribution in [0.5, 0.6) is 0 Å². The molecule has 2 rings (SSSR count). The van der Waals surface area contributed by atoms with Gasteiger partial charge in [0, 0.05) is 16.7 Å². The number of aromatic nitrogens is 1. The molecule has 1 aliphatic rings. The van der Waals surface area contributed by atoms with Gasteiger partial charge in [0.25, 0.3) is 0 Å². The van der Waals surface area contributed by atoms with Crippen LogP contribution in [0, 0.1) is 3.57 Å². The maximum atomic E-state index is 12.7. The highest BCUT2D eigenvalue weighted by Gasteiger charge is 2.39. The van der Waals surface area contributed by atoms with Crippen LogP contribution in [0.1, 0.15) is 0 Å². The molecular weight excluding hydrogens is 402 g/mol. The zero-order chi connectivity index (χ0) is 15.5. The fourth-order valence-electron chi connectivity index (χ4n) is 1.92. The molecular formula is C12H15F3IN3O2. The van der Waals surface area contributed by atoms with Crippen LogP contribution in [0.25, 0.3) is 0 Å². The molecule has 1 unspecified atom stereocenters. The summed E-state index contributed by atoms with van der Waals surface area (Å²) in [6.45, 7) is 1.39. The number of morpholine rings is 1. The highest BCUT2D eigenvalue weighted by molar-refractivity contribution is 14.1. The van der Waals surface area contributed by atoms with E-state index in [1.54, 1.807) is 6.07 Å². The average Bonchev–Trinajstić information content (AvgIpc) is 2.44. The van der Waals surface area contributed by atoms with Crippen molar-refractivity contribution in [1.29, 1.82) is 0 Å². The largest absolute Gasteiger partial charge is 0.410 e. The number of nitrogens with one attached hydrogen (secondary N) is 1. The van der Waals surface area contributed by atoms with Gasteiger partial charge in [-0.05, 0) is 34.7 Å². The summed E-state index contributed by atoms with van der Waals surface area (Å²) in [6.07, 6.45) is -4.53. The molecule has 2 N–H and O–H groups in total. The van der Waals surface area contributed by atoms with Crippen molar-refractivity contribution in [2.24, 2.45) is 0 Å². The molecule has 1 aromatic heterocycles. The summed E-state index contributed by atoms with van der Waals surface area (Å²) in [7, 11) is 0. The Morgan fingerprint density at radius 1 is 1.38 bits per heavy atom. The lowest BCUT2D eigenvalue weighted by molar-refractivity contribution is -0.149. The normalized spacial score (nSPS) is 17.7. The third-order valence-corrected chi connectivity index (χ3v) is 3.63. The van der Waals surface area contributed by atoms with E-state index in [-0.39, 0.29) is 5.82 Å². The molecule has 2 heterocycles. The lowest BCUT2D eigenvalue weighted by Crippen LogP contribution is -2.40. The summed E-state index contributed by atoms with van der Waals surface area (Å²) in [4.78, 5) is 6.16. The quantitative estimate of drug-likeness (QED) is 0.733. The van der Waals surface area contributed by atoms with E-state index in [4.69, 9.17) is 9.84 Å². The minimum atomic E-state index is -4.53. The molecule has 0 saturated carbocycles. The number of aliphatic hydroxyl groups is 1. The maximum absolute atomic E-state index is 12.7. The molecule has 0 spiro atoms. The Balaban J connectivity index is 2.18. The van der Waals surface area contributed by atoms with Crippen molar-refractivity contribution in [2.45, 2.75) is 12.2 Å². The van der Waals surface area contributed by atoms with E-state index in [1.807, 2.05) is 27.5 Å². The number of hydrogen-bond donors (Lipinski definition) is 2.